The zero-order valence-corrected chi connectivity index (χ0v) is 40.2. The van der Waals surface area contributed by atoms with Crippen molar-refractivity contribution in [3.05, 3.63) is 24.3 Å². The van der Waals surface area contributed by atoms with E-state index in [9.17, 15) is 19.8 Å². The molecule has 0 heterocycles. The lowest BCUT2D eigenvalue weighted by molar-refractivity contribution is -0.143. The van der Waals surface area contributed by atoms with Gasteiger partial charge < -0.3 is 20.3 Å². The van der Waals surface area contributed by atoms with E-state index in [2.05, 4.69) is 43.5 Å². The summed E-state index contributed by atoms with van der Waals surface area (Å²) < 4.78 is 5.41. The highest BCUT2D eigenvalue weighted by atomic mass is 16.5. The molecule has 0 spiro atoms. The summed E-state index contributed by atoms with van der Waals surface area (Å²) in [5.74, 6) is -0.117. The number of nitrogens with one attached hydrogen (secondary N) is 1. The molecule has 60 heavy (non-hydrogen) atoms. The molecule has 0 aliphatic carbocycles. The second-order valence-electron chi connectivity index (χ2n) is 18.2. The number of rotatable bonds is 49. The molecular weight excluding hydrogens is 743 g/mol. The van der Waals surface area contributed by atoms with E-state index in [1.807, 2.05) is 0 Å². The van der Waals surface area contributed by atoms with Gasteiger partial charge in [-0.3, -0.25) is 9.59 Å². The van der Waals surface area contributed by atoms with Gasteiger partial charge in [0.25, 0.3) is 0 Å². The van der Waals surface area contributed by atoms with Crippen molar-refractivity contribution >= 4 is 11.9 Å². The van der Waals surface area contributed by atoms with E-state index >= 15 is 0 Å². The Morgan fingerprint density at radius 3 is 1.23 bits per heavy atom. The van der Waals surface area contributed by atoms with E-state index in [-0.39, 0.29) is 18.5 Å². The molecule has 0 bridgehead atoms. The first-order valence-corrected chi connectivity index (χ1v) is 26.6. The highest BCUT2D eigenvalue weighted by Crippen LogP contribution is 2.17. The molecule has 0 aliphatic rings. The first kappa shape index (κ1) is 58.3. The maximum atomic E-state index is 12.5. The molecule has 0 aliphatic heterocycles. The molecule has 3 N–H and O–H groups in total. The number of carbonyl (C=O) groups is 2. The summed E-state index contributed by atoms with van der Waals surface area (Å²) >= 11 is 0. The zero-order valence-electron chi connectivity index (χ0n) is 40.2. The van der Waals surface area contributed by atoms with E-state index in [0.29, 0.717) is 25.9 Å². The lowest BCUT2D eigenvalue weighted by Crippen LogP contribution is -2.45. The van der Waals surface area contributed by atoms with Crippen molar-refractivity contribution in [2.75, 3.05) is 13.2 Å². The van der Waals surface area contributed by atoms with Crippen LogP contribution < -0.4 is 5.32 Å². The summed E-state index contributed by atoms with van der Waals surface area (Å²) in [7, 11) is 0. The van der Waals surface area contributed by atoms with Crippen molar-refractivity contribution in [2.24, 2.45) is 0 Å². The smallest absolute Gasteiger partial charge is 0.305 e. The molecule has 0 aromatic heterocycles. The number of ether oxygens (including phenoxy) is 1. The van der Waals surface area contributed by atoms with Gasteiger partial charge in [0.1, 0.15) is 0 Å². The Morgan fingerprint density at radius 1 is 0.450 bits per heavy atom. The van der Waals surface area contributed by atoms with E-state index in [1.54, 1.807) is 0 Å². The average molecular weight is 846 g/mol. The minimum Gasteiger partial charge on any atom is -0.466 e. The Morgan fingerprint density at radius 2 is 0.800 bits per heavy atom. The maximum Gasteiger partial charge on any atom is 0.305 e. The standard InChI is InChI=1S/C54H103NO5/c1-3-5-7-9-11-13-15-16-17-18-19-20-21-22-23-24-25-27-30-34-38-42-46-52(57)51(50-56)55-53(58)47-43-39-35-31-28-29-33-37-41-45-49-60-54(59)48-44-40-36-32-26-14-12-10-8-6-4-2/h10,12,29,33,51-52,56-57H,3-9,11,13-28,30-32,34-50H2,1-2H3,(H,55,58)/b12-10-,33-29-. The van der Waals surface area contributed by atoms with Gasteiger partial charge in [0.2, 0.25) is 5.91 Å². The Kier molecular flexibility index (Phi) is 48.6. The van der Waals surface area contributed by atoms with Crippen LogP contribution in [0.15, 0.2) is 24.3 Å². The van der Waals surface area contributed by atoms with Crippen LogP contribution in [0.4, 0.5) is 0 Å². The van der Waals surface area contributed by atoms with Gasteiger partial charge in [-0.1, -0.05) is 224 Å². The van der Waals surface area contributed by atoms with Gasteiger partial charge in [-0.25, -0.2) is 0 Å². The quantitative estimate of drug-likeness (QED) is 0.0322. The molecular formula is C54H103NO5. The van der Waals surface area contributed by atoms with Gasteiger partial charge in [0, 0.05) is 12.8 Å². The molecule has 2 unspecified atom stereocenters. The topological polar surface area (TPSA) is 95.9 Å². The summed E-state index contributed by atoms with van der Waals surface area (Å²) in [6.07, 6.45) is 58.7. The largest absolute Gasteiger partial charge is 0.466 e. The average Bonchev–Trinajstić information content (AvgIpc) is 3.25. The van der Waals surface area contributed by atoms with Crippen LogP contribution >= 0.6 is 0 Å². The Labute approximate surface area is 373 Å². The van der Waals surface area contributed by atoms with Crippen molar-refractivity contribution in [1.29, 1.82) is 0 Å². The SMILES string of the molecule is CCCC/C=C\CCCCCCCC(=O)OCCCC/C=C\CCCCCCC(=O)NC(CO)C(O)CCCCCCCCCCCCCCCCCCCCCCCC. The van der Waals surface area contributed by atoms with E-state index in [1.165, 1.54) is 173 Å². The fourth-order valence-electron chi connectivity index (χ4n) is 8.08. The molecule has 0 fully saturated rings. The van der Waals surface area contributed by atoms with Crippen LogP contribution in [0.5, 0.6) is 0 Å². The molecule has 6 nitrogen and oxygen atoms in total. The molecule has 2 atom stereocenters. The highest BCUT2D eigenvalue weighted by molar-refractivity contribution is 5.76. The van der Waals surface area contributed by atoms with Crippen LogP contribution in [0, 0.1) is 0 Å². The van der Waals surface area contributed by atoms with Crippen LogP contribution in [0.25, 0.3) is 0 Å². The van der Waals surface area contributed by atoms with E-state index in [0.717, 1.165) is 77.0 Å². The normalized spacial score (nSPS) is 12.8. The molecule has 6 heteroatoms. The molecule has 0 rings (SSSR count). The number of hydrogen-bond donors (Lipinski definition) is 3. The lowest BCUT2D eigenvalue weighted by atomic mass is 10.0. The van der Waals surface area contributed by atoms with Crippen molar-refractivity contribution in [3.8, 4) is 0 Å². The third-order valence-corrected chi connectivity index (χ3v) is 12.2. The van der Waals surface area contributed by atoms with E-state index < -0.39 is 12.1 Å². The number of hydrogen-bond acceptors (Lipinski definition) is 5. The maximum absolute atomic E-state index is 12.5. The van der Waals surface area contributed by atoms with Crippen molar-refractivity contribution in [1.82, 2.24) is 5.32 Å². The van der Waals surface area contributed by atoms with Gasteiger partial charge in [0.15, 0.2) is 0 Å². The van der Waals surface area contributed by atoms with Crippen LogP contribution in [0.1, 0.15) is 284 Å². The van der Waals surface area contributed by atoms with Crippen LogP contribution in [-0.2, 0) is 14.3 Å². The highest BCUT2D eigenvalue weighted by Gasteiger charge is 2.20. The molecule has 0 saturated carbocycles. The van der Waals surface area contributed by atoms with Crippen molar-refractivity contribution < 1.29 is 24.5 Å². The number of allylic oxidation sites excluding steroid dienone is 4. The van der Waals surface area contributed by atoms with Crippen molar-refractivity contribution in [2.45, 2.75) is 296 Å². The Hall–Kier alpha value is -1.66. The zero-order chi connectivity index (χ0) is 43.7. The fraction of sp³-hybridized carbons (Fsp3) is 0.889. The summed E-state index contributed by atoms with van der Waals surface area (Å²) in [5, 5.41) is 23.3. The second-order valence-corrected chi connectivity index (χ2v) is 18.2. The second kappa shape index (κ2) is 50.0. The first-order valence-electron chi connectivity index (χ1n) is 26.6. The van der Waals surface area contributed by atoms with Gasteiger partial charge in [-0.15, -0.1) is 0 Å². The molecule has 0 aromatic rings. The Bertz CT molecular complexity index is 935. The number of aliphatic hydroxyl groups is 2. The summed E-state index contributed by atoms with van der Waals surface area (Å²) in [6, 6.07) is -0.567. The van der Waals surface area contributed by atoms with Gasteiger partial charge >= 0.3 is 5.97 Å². The molecule has 0 aromatic carbocycles. The third kappa shape index (κ3) is 45.9. The minimum absolute atomic E-state index is 0.0470. The fourth-order valence-corrected chi connectivity index (χ4v) is 8.08. The number of carbonyl (C=O) groups excluding carboxylic acids is 2. The third-order valence-electron chi connectivity index (χ3n) is 12.2. The molecule has 1 amide bonds. The first-order chi connectivity index (χ1) is 29.5. The van der Waals surface area contributed by atoms with Gasteiger partial charge in [0.05, 0.1) is 25.4 Å². The van der Waals surface area contributed by atoms with Gasteiger partial charge in [-0.2, -0.15) is 0 Å². The molecule has 0 radical (unpaired) electrons. The lowest BCUT2D eigenvalue weighted by Gasteiger charge is -2.22. The van der Waals surface area contributed by atoms with Crippen LogP contribution in [-0.4, -0.2) is 47.4 Å². The van der Waals surface area contributed by atoms with Crippen molar-refractivity contribution in [3.63, 3.8) is 0 Å². The summed E-state index contributed by atoms with van der Waals surface area (Å²) in [4.78, 5) is 24.4. The number of esters is 1. The molecule has 354 valence electrons. The molecule has 0 saturated heterocycles. The number of unbranched alkanes of at least 4 members (excludes halogenated alkanes) is 34. The van der Waals surface area contributed by atoms with Crippen LogP contribution in [0.2, 0.25) is 0 Å². The van der Waals surface area contributed by atoms with E-state index in [4.69, 9.17) is 4.74 Å². The predicted octanol–water partition coefficient (Wildman–Crippen LogP) is 15.9. The predicted molar refractivity (Wildman–Crippen MR) is 260 cm³/mol. The Balaban J connectivity index is 3.52. The number of amides is 1. The summed E-state index contributed by atoms with van der Waals surface area (Å²) in [5.41, 5.74) is 0. The monoisotopic (exact) mass is 846 g/mol. The summed E-state index contributed by atoms with van der Waals surface area (Å²) in [6.45, 7) is 4.83. The number of aliphatic hydroxyl groups excluding tert-OH is 2. The van der Waals surface area contributed by atoms with Gasteiger partial charge in [-0.05, 0) is 70.6 Å². The minimum atomic E-state index is -0.687. The van der Waals surface area contributed by atoms with Crippen LogP contribution in [0.3, 0.4) is 0 Å².